The van der Waals surface area contributed by atoms with Crippen molar-refractivity contribution in [2.75, 3.05) is 0 Å². The number of hydrogen-bond acceptors (Lipinski definition) is 3. The Morgan fingerprint density at radius 2 is 2.20 bits per heavy atom. The molecule has 30 valence electrons. The van der Waals surface area contributed by atoms with E-state index < -0.39 is 0 Å². The summed E-state index contributed by atoms with van der Waals surface area (Å²) in [5.74, 6) is -0.190. The Hall–Kier alpha value is -0.570. The monoisotopic (exact) mass is 75.0 g/mol. The molecule has 2 N–H and O–H groups in total. The second-order valence-corrected chi connectivity index (χ2v) is 0.647. The van der Waals surface area contributed by atoms with Crippen LogP contribution in [0.1, 0.15) is 6.92 Å². The van der Waals surface area contributed by atoms with Crippen molar-refractivity contribution in [2.24, 2.45) is 0 Å². The van der Waals surface area contributed by atoms with Gasteiger partial charge >= 0.3 is 0 Å². The van der Waals surface area contributed by atoms with Gasteiger partial charge in [0.1, 0.15) is 0 Å². The molecule has 0 unspecified atom stereocenters. The van der Waals surface area contributed by atoms with E-state index in [-0.39, 0.29) is 5.90 Å². The predicted molar refractivity (Wildman–Crippen MR) is 17.1 cm³/mol. The van der Waals surface area contributed by atoms with Gasteiger partial charge in [-0.2, -0.15) is 0 Å². The average molecular weight is 75.1 g/mol. The maximum Gasteiger partial charge on any atom is 0.221 e. The molecule has 0 aliphatic carbocycles. The summed E-state index contributed by atoms with van der Waals surface area (Å²) in [4.78, 5) is 3.33. The van der Waals surface area contributed by atoms with Crippen molar-refractivity contribution in [1.82, 2.24) is 0 Å². The summed E-state index contributed by atoms with van der Waals surface area (Å²) >= 11 is 0. The molecule has 0 bridgehead atoms. The fourth-order valence-corrected chi connectivity index (χ4v) is 0. The molecule has 0 aromatic carbocycles. The first-order chi connectivity index (χ1) is 2.27. The summed E-state index contributed by atoms with van der Waals surface area (Å²) in [7, 11) is 0. The molecule has 0 saturated heterocycles. The summed E-state index contributed by atoms with van der Waals surface area (Å²) in [6.07, 6.45) is 0. The number of nitrogens with one attached hydrogen (secondary N) is 1. The first-order valence-corrected chi connectivity index (χ1v) is 1.14. The van der Waals surface area contributed by atoms with Crippen molar-refractivity contribution in [3.05, 3.63) is 0 Å². The first-order valence-electron chi connectivity index (χ1n) is 1.14. The van der Waals surface area contributed by atoms with Crippen LogP contribution in [0.25, 0.3) is 0 Å². The molecule has 0 amide bonds. The SMILES string of the molecule is CC(=N)OO. The molecule has 0 saturated carbocycles. The van der Waals surface area contributed by atoms with Gasteiger partial charge in [-0.05, 0) is 0 Å². The van der Waals surface area contributed by atoms with Gasteiger partial charge < -0.3 is 4.89 Å². The van der Waals surface area contributed by atoms with Crippen LogP contribution in [-0.4, -0.2) is 11.2 Å². The van der Waals surface area contributed by atoms with E-state index in [4.69, 9.17) is 10.7 Å². The van der Waals surface area contributed by atoms with Gasteiger partial charge in [0, 0.05) is 6.92 Å². The summed E-state index contributed by atoms with van der Waals surface area (Å²) in [6.45, 7) is 1.33. The summed E-state index contributed by atoms with van der Waals surface area (Å²) in [5, 5.41) is 13.7. The van der Waals surface area contributed by atoms with Crippen molar-refractivity contribution in [2.45, 2.75) is 6.92 Å². The van der Waals surface area contributed by atoms with Crippen LogP contribution >= 0.6 is 0 Å². The third-order valence-corrected chi connectivity index (χ3v) is 0.137. The molecule has 0 aromatic heterocycles. The minimum atomic E-state index is -0.190. The molecule has 5 heavy (non-hydrogen) atoms. The second-order valence-electron chi connectivity index (χ2n) is 0.647. The van der Waals surface area contributed by atoms with Gasteiger partial charge in [-0.15, -0.1) is 0 Å². The zero-order chi connectivity index (χ0) is 4.28. The van der Waals surface area contributed by atoms with Gasteiger partial charge in [0.2, 0.25) is 5.90 Å². The Morgan fingerprint density at radius 3 is 2.20 bits per heavy atom. The van der Waals surface area contributed by atoms with E-state index >= 15 is 0 Å². The standard InChI is InChI=1S/C2H5NO2/c1-2(3)5-4/h3-4H,1H3. The molecule has 0 fully saturated rings. The molecule has 0 aromatic rings. The molecule has 0 aliphatic heterocycles. The smallest absolute Gasteiger partial charge is 0.221 e. The third-order valence-electron chi connectivity index (χ3n) is 0.137. The zero-order valence-electron chi connectivity index (χ0n) is 2.86. The highest BCUT2D eigenvalue weighted by atomic mass is 17.1. The minimum Gasteiger partial charge on any atom is -0.325 e. The van der Waals surface area contributed by atoms with Gasteiger partial charge in [-0.1, -0.05) is 0 Å². The topological polar surface area (TPSA) is 53.3 Å². The van der Waals surface area contributed by atoms with E-state index in [1.807, 2.05) is 0 Å². The van der Waals surface area contributed by atoms with Gasteiger partial charge in [0.05, 0.1) is 0 Å². The predicted octanol–water partition coefficient (Wildman–Crippen LogP) is 0.473. The van der Waals surface area contributed by atoms with Crippen LogP contribution in [0, 0.1) is 5.41 Å². The van der Waals surface area contributed by atoms with Crippen molar-refractivity contribution < 1.29 is 10.1 Å². The molecule has 3 nitrogen and oxygen atoms in total. The highest BCUT2D eigenvalue weighted by molar-refractivity contribution is 5.68. The lowest BCUT2D eigenvalue weighted by Crippen LogP contribution is -1.88. The van der Waals surface area contributed by atoms with Crippen LogP contribution < -0.4 is 0 Å². The number of rotatable bonds is 0. The average Bonchev–Trinajstić information content (AvgIpc) is 1.38. The molecule has 0 rings (SSSR count). The Labute approximate surface area is 29.6 Å². The fourth-order valence-electron chi connectivity index (χ4n) is 0. The lowest BCUT2D eigenvalue weighted by molar-refractivity contribution is -0.156. The van der Waals surface area contributed by atoms with E-state index in [1.54, 1.807) is 0 Å². The third kappa shape index (κ3) is 3.43. The molecule has 0 radical (unpaired) electrons. The van der Waals surface area contributed by atoms with Gasteiger partial charge in [0.15, 0.2) is 0 Å². The van der Waals surface area contributed by atoms with Crippen LogP contribution in [0.2, 0.25) is 0 Å². The Bertz CT molecular complexity index is 42.9. The first kappa shape index (κ1) is 4.43. The largest absolute Gasteiger partial charge is 0.325 e. The summed E-state index contributed by atoms with van der Waals surface area (Å²) < 4.78 is 0. The Balaban J connectivity index is 2.85. The van der Waals surface area contributed by atoms with Gasteiger partial charge in [-0.3, -0.25) is 5.41 Å². The minimum absolute atomic E-state index is 0.190. The molecular formula is C2H5NO2. The summed E-state index contributed by atoms with van der Waals surface area (Å²) in [5.41, 5.74) is 0. The van der Waals surface area contributed by atoms with Crippen LogP contribution in [0.5, 0.6) is 0 Å². The van der Waals surface area contributed by atoms with Crippen LogP contribution in [-0.2, 0) is 4.89 Å². The lowest BCUT2D eigenvalue weighted by Gasteiger charge is -1.81. The maximum atomic E-state index is 7.42. The van der Waals surface area contributed by atoms with Crippen molar-refractivity contribution >= 4 is 5.90 Å². The quantitative estimate of drug-likeness (QED) is 0.190. The van der Waals surface area contributed by atoms with Crippen molar-refractivity contribution in [3.63, 3.8) is 0 Å². The lowest BCUT2D eigenvalue weighted by atomic mass is 10.8. The summed E-state index contributed by atoms with van der Waals surface area (Å²) in [6, 6.07) is 0. The van der Waals surface area contributed by atoms with Crippen LogP contribution in [0.4, 0.5) is 0 Å². The maximum absolute atomic E-state index is 7.42. The molecule has 0 spiro atoms. The van der Waals surface area contributed by atoms with E-state index in [1.165, 1.54) is 6.92 Å². The van der Waals surface area contributed by atoms with Crippen LogP contribution in [0.15, 0.2) is 0 Å². The highest BCUT2D eigenvalue weighted by Gasteiger charge is 1.72. The van der Waals surface area contributed by atoms with Gasteiger partial charge in [0.25, 0.3) is 0 Å². The Kier molecular flexibility index (Phi) is 1.53. The molecule has 0 heterocycles. The second kappa shape index (κ2) is 1.72. The Morgan fingerprint density at radius 1 is 2.00 bits per heavy atom. The zero-order valence-corrected chi connectivity index (χ0v) is 2.86. The molecular weight excluding hydrogens is 70.0 g/mol. The fraction of sp³-hybridized carbons (Fsp3) is 0.500. The van der Waals surface area contributed by atoms with Crippen LogP contribution in [0.3, 0.4) is 0 Å². The molecule has 0 atom stereocenters. The molecule has 0 aliphatic rings. The van der Waals surface area contributed by atoms with Crippen molar-refractivity contribution in [1.29, 1.82) is 5.41 Å². The highest BCUT2D eigenvalue weighted by Crippen LogP contribution is 1.61. The van der Waals surface area contributed by atoms with E-state index in [0.29, 0.717) is 0 Å². The van der Waals surface area contributed by atoms with E-state index in [0.717, 1.165) is 0 Å². The normalized spacial score (nSPS) is 6.80. The number of hydrogen-bond donors (Lipinski definition) is 2. The molecule has 3 heteroatoms. The van der Waals surface area contributed by atoms with E-state index in [2.05, 4.69) is 4.89 Å². The van der Waals surface area contributed by atoms with Gasteiger partial charge in [-0.25, -0.2) is 5.26 Å². The van der Waals surface area contributed by atoms with Crippen molar-refractivity contribution in [3.8, 4) is 0 Å². The van der Waals surface area contributed by atoms with E-state index in [9.17, 15) is 0 Å².